The summed E-state index contributed by atoms with van der Waals surface area (Å²) in [6, 6.07) is -0.538. The van der Waals surface area contributed by atoms with Crippen LogP contribution in [0, 0.1) is 0 Å². The summed E-state index contributed by atoms with van der Waals surface area (Å²) in [6.45, 7) is 3.05. The van der Waals surface area contributed by atoms with Gasteiger partial charge in [-0.25, -0.2) is 4.79 Å². The molecule has 3 atom stereocenters. The van der Waals surface area contributed by atoms with Crippen molar-refractivity contribution in [2.45, 2.75) is 31.2 Å². The van der Waals surface area contributed by atoms with Gasteiger partial charge in [0.2, 0.25) is 5.43 Å². The lowest BCUT2D eigenvalue weighted by Gasteiger charge is -2.51. The number of hydrogen-bond donors (Lipinski definition) is 0. The van der Waals surface area contributed by atoms with Crippen LogP contribution < -0.4 is 10.2 Å². The van der Waals surface area contributed by atoms with Crippen molar-refractivity contribution in [2.24, 2.45) is 0 Å². The van der Waals surface area contributed by atoms with Crippen molar-refractivity contribution in [1.29, 1.82) is 0 Å². The molecule has 0 saturated carbocycles. The van der Waals surface area contributed by atoms with Crippen LogP contribution >= 0.6 is 0 Å². The number of rotatable bonds is 2. The van der Waals surface area contributed by atoms with Crippen LogP contribution in [0.1, 0.15) is 40.2 Å². The number of ether oxygens (including phenoxy) is 4. The molecule has 0 aromatic carbocycles. The van der Waals surface area contributed by atoms with Crippen LogP contribution in [0.15, 0.2) is 11.0 Å². The standard InChI is InChI=1S/C17H20N2O7/c1-9-7-26-17-4-5-25-8-11(17)18-6-10(16(22)24-3)13(20)14(23-2)12(18)15(21)19(9)17/h6,9,11H,4-5,7-8H2,1-3H3/t9-,11+,17+/m1/s1. The Morgan fingerprint density at radius 2 is 2.08 bits per heavy atom. The maximum Gasteiger partial charge on any atom is 0.343 e. The first-order valence-electron chi connectivity index (χ1n) is 8.43. The smallest absolute Gasteiger partial charge is 0.343 e. The van der Waals surface area contributed by atoms with Crippen molar-refractivity contribution in [2.75, 3.05) is 34.0 Å². The van der Waals surface area contributed by atoms with E-state index in [-0.39, 0.29) is 35.6 Å². The summed E-state index contributed by atoms with van der Waals surface area (Å²) in [5, 5.41) is 0. The van der Waals surface area contributed by atoms with Gasteiger partial charge in [-0.2, -0.15) is 0 Å². The van der Waals surface area contributed by atoms with Gasteiger partial charge in [-0.05, 0) is 6.92 Å². The molecule has 0 unspecified atom stereocenters. The molecule has 4 heterocycles. The number of fused-ring (bicyclic) bond motifs is 2. The Labute approximate surface area is 149 Å². The second kappa shape index (κ2) is 5.82. The normalized spacial score (nSPS) is 29.7. The summed E-state index contributed by atoms with van der Waals surface area (Å²) in [5.41, 5.74) is -1.61. The van der Waals surface area contributed by atoms with E-state index in [0.717, 1.165) is 0 Å². The van der Waals surface area contributed by atoms with Gasteiger partial charge in [0.1, 0.15) is 11.6 Å². The number of esters is 1. The highest BCUT2D eigenvalue weighted by Crippen LogP contribution is 2.47. The number of amides is 1. The summed E-state index contributed by atoms with van der Waals surface area (Å²) < 4.78 is 23.2. The van der Waals surface area contributed by atoms with Crippen molar-refractivity contribution >= 4 is 11.9 Å². The largest absolute Gasteiger partial charge is 0.491 e. The zero-order valence-electron chi connectivity index (χ0n) is 14.8. The fourth-order valence-electron chi connectivity index (χ4n) is 4.23. The van der Waals surface area contributed by atoms with Gasteiger partial charge >= 0.3 is 5.97 Å². The van der Waals surface area contributed by atoms with Crippen molar-refractivity contribution in [3.05, 3.63) is 27.7 Å². The summed E-state index contributed by atoms with van der Waals surface area (Å²) >= 11 is 0. The molecular weight excluding hydrogens is 344 g/mol. The van der Waals surface area contributed by atoms with Crippen molar-refractivity contribution in [3.8, 4) is 5.75 Å². The first-order chi connectivity index (χ1) is 12.5. The third-order valence-electron chi connectivity index (χ3n) is 5.38. The number of aromatic nitrogens is 1. The minimum Gasteiger partial charge on any atom is -0.491 e. The second-order valence-corrected chi connectivity index (χ2v) is 6.67. The maximum atomic E-state index is 13.3. The van der Waals surface area contributed by atoms with Gasteiger partial charge in [-0.1, -0.05) is 0 Å². The molecular formula is C17H20N2O7. The predicted octanol–water partition coefficient (Wildman–Crippen LogP) is 0.176. The molecule has 2 fully saturated rings. The highest BCUT2D eigenvalue weighted by atomic mass is 16.6. The summed E-state index contributed by atoms with van der Waals surface area (Å²) in [7, 11) is 2.49. The molecule has 0 radical (unpaired) electrons. The van der Waals surface area contributed by atoms with E-state index in [0.29, 0.717) is 19.6 Å². The number of methoxy groups -OCH3 is 2. The van der Waals surface area contributed by atoms with Crippen LogP contribution in [0.25, 0.3) is 0 Å². The van der Waals surface area contributed by atoms with Gasteiger partial charge < -0.3 is 28.4 Å². The monoisotopic (exact) mass is 364 g/mol. The van der Waals surface area contributed by atoms with Gasteiger partial charge in [0.25, 0.3) is 5.91 Å². The van der Waals surface area contributed by atoms with Crippen LogP contribution in [0.2, 0.25) is 0 Å². The molecule has 2 saturated heterocycles. The molecule has 3 aliphatic rings. The van der Waals surface area contributed by atoms with Crippen LogP contribution in [-0.4, -0.2) is 67.2 Å². The molecule has 1 aromatic rings. The van der Waals surface area contributed by atoms with E-state index in [9.17, 15) is 14.4 Å². The highest BCUT2D eigenvalue weighted by molar-refractivity contribution is 5.99. The Kier molecular flexibility index (Phi) is 3.81. The zero-order chi connectivity index (χ0) is 18.6. The van der Waals surface area contributed by atoms with Crippen molar-refractivity contribution in [1.82, 2.24) is 9.47 Å². The molecule has 140 valence electrons. The number of carbonyl (C=O) groups excluding carboxylic acids is 2. The predicted molar refractivity (Wildman–Crippen MR) is 87.4 cm³/mol. The fourth-order valence-corrected chi connectivity index (χ4v) is 4.23. The average Bonchev–Trinajstić information content (AvgIpc) is 2.97. The van der Waals surface area contributed by atoms with E-state index in [1.54, 1.807) is 9.47 Å². The molecule has 4 rings (SSSR count). The summed E-state index contributed by atoms with van der Waals surface area (Å²) in [6.07, 6.45) is 1.86. The molecule has 0 N–H and O–H groups in total. The van der Waals surface area contributed by atoms with Gasteiger partial charge in [-0.3, -0.25) is 9.59 Å². The summed E-state index contributed by atoms with van der Waals surface area (Å²) in [4.78, 5) is 39.7. The first-order valence-corrected chi connectivity index (χ1v) is 8.43. The zero-order valence-corrected chi connectivity index (χ0v) is 14.8. The number of nitrogens with zero attached hydrogens (tertiary/aromatic N) is 2. The number of hydrogen-bond acceptors (Lipinski definition) is 7. The van der Waals surface area contributed by atoms with Crippen LogP contribution in [0.4, 0.5) is 0 Å². The quantitative estimate of drug-likeness (QED) is 0.691. The van der Waals surface area contributed by atoms with Gasteiger partial charge in [0, 0.05) is 12.6 Å². The molecule has 0 aliphatic carbocycles. The van der Waals surface area contributed by atoms with Crippen LogP contribution in [-0.2, 0) is 14.2 Å². The Bertz CT molecular complexity index is 844. The summed E-state index contributed by atoms with van der Waals surface area (Å²) in [5.74, 6) is -1.31. The minimum atomic E-state index is -0.852. The first kappa shape index (κ1) is 17.0. The van der Waals surface area contributed by atoms with Gasteiger partial charge in [-0.15, -0.1) is 0 Å². The minimum absolute atomic E-state index is 0.105. The molecule has 9 nitrogen and oxygen atoms in total. The van der Waals surface area contributed by atoms with E-state index in [1.165, 1.54) is 20.4 Å². The molecule has 9 heteroatoms. The average molecular weight is 364 g/mol. The Morgan fingerprint density at radius 1 is 1.31 bits per heavy atom. The van der Waals surface area contributed by atoms with E-state index in [4.69, 9.17) is 18.9 Å². The van der Waals surface area contributed by atoms with E-state index < -0.39 is 23.2 Å². The highest BCUT2D eigenvalue weighted by Gasteiger charge is 2.60. The number of pyridine rings is 1. The molecule has 3 aliphatic heterocycles. The number of carbonyl (C=O) groups is 2. The van der Waals surface area contributed by atoms with E-state index in [1.807, 2.05) is 6.92 Å². The van der Waals surface area contributed by atoms with Crippen molar-refractivity contribution in [3.63, 3.8) is 0 Å². The lowest BCUT2D eigenvalue weighted by Crippen LogP contribution is -2.63. The molecule has 1 spiro atoms. The Balaban J connectivity index is 2.02. The Hall–Kier alpha value is -2.39. The van der Waals surface area contributed by atoms with Crippen LogP contribution in [0.5, 0.6) is 5.75 Å². The topological polar surface area (TPSA) is 96.3 Å². The second-order valence-electron chi connectivity index (χ2n) is 6.67. The van der Waals surface area contributed by atoms with E-state index in [2.05, 4.69) is 0 Å². The molecule has 26 heavy (non-hydrogen) atoms. The SMILES string of the molecule is COC(=O)c1cn2c(c(OC)c1=O)C(=O)N1[C@H](C)CO[C@]13CCOC[C@H]23. The molecule has 1 aromatic heterocycles. The van der Waals surface area contributed by atoms with Crippen LogP contribution in [0.3, 0.4) is 0 Å². The molecule has 1 amide bonds. The Morgan fingerprint density at radius 3 is 2.77 bits per heavy atom. The fraction of sp³-hybridized carbons (Fsp3) is 0.588. The van der Waals surface area contributed by atoms with Crippen molar-refractivity contribution < 1.29 is 28.5 Å². The third kappa shape index (κ3) is 2.01. The lowest BCUT2D eigenvalue weighted by atomic mass is 9.91. The maximum absolute atomic E-state index is 13.3. The van der Waals surface area contributed by atoms with Gasteiger partial charge in [0.15, 0.2) is 17.2 Å². The molecule has 0 bridgehead atoms. The lowest BCUT2D eigenvalue weighted by molar-refractivity contribution is -0.172. The van der Waals surface area contributed by atoms with Gasteiger partial charge in [0.05, 0.1) is 40.1 Å². The van der Waals surface area contributed by atoms with E-state index >= 15 is 0 Å². The third-order valence-corrected chi connectivity index (χ3v) is 5.38.